The van der Waals surface area contributed by atoms with Crippen molar-refractivity contribution in [3.8, 4) is 11.5 Å². The van der Waals surface area contributed by atoms with Crippen LogP contribution < -0.4 is 14.8 Å². The van der Waals surface area contributed by atoms with Crippen molar-refractivity contribution >= 4 is 12.4 Å². The summed E-state index contributed by atoms with van der Waals surface area (Å²) >= 11 is 0. The van der Waals surface area contributed by atoms with Crippen molar-refractivity contribution < 1.29 is 9.47 Å². The molecule has 0 radical (unpaired) electrons. The molecule has 2 saturated heterocycles. The number of hydrogen-bond donors (Lipinski definition) is 1. The van der Waals surface area contributed by atoms with E-state index in [9.17, 15) is 0 Å². The average Bonchev–Trinajstić information content (AvgIpc) is 3.17. The molecule has 4 nitrogen and oxygen atoms in total. The van der Waals surface area contributed by atoms with Crippen molar-refractivity contribution in [2.24, 2.45) is 5.41 Å². The van der Waals surface area contributed by atoms with E-state index in [0.717, 1.165) is 31.1 Å². The number of nitrogens with zero attached hydrogens (tertiary/aromatic N) is 1. The van der Waals surface area contributed by atoms with Gasteiger partial charge in [0.1, 0.15) is 0 Å². The normalized spacial score (nSPS) is 23.4. The summed E-state index contributed by atoms with van der Waals surface area (Å²) < 4.78 is 11.8. The van der Waals surface area contributed by atoms with Crippen molar-refractivity contribution in [2.45, 2.75) is 39.7 Å². The predicted octanol–water partition coefficient (Wildman–Crippen LogP) is 3.48. The van der Waals surface area contributed by atoms with Crippen molar-refractivity contribution in [3.05, 3.63) is 23.8 Å². The molecule has 0 bridgehead atoms. The summed E-state index contributed by atoms with van der Waals surface area (Å²) in [6.07, 6.45) is 3.65. The van der Waals surface area contributed by atoms with Gasteiger partial charge in [-0.15, -0.1) is 12.4 Å². The molecule has 0 aliphatic carbocycles. The second-order valence-electron chi connectivity index (χ2n) is 6.91. The first kappa shape index (κ1) is 19.4. The van der Waals surface area contributed by atoms with Crippen molar-refractivity contribution in [1.82, 2.24) is 10.2 Å². The van der Waals surface area contributed by atoms with E-state index in [0.29, 0.717) is 12.0 Å². The number of ether oxygens (including phenoxy) is 2. The van der Waals surface area contributed by atoms with E-state index < -0.39 is 0 Å². The maximum Gasteiger partial charge on any atom is 0.165 e. The van der Waals surface area contributed by atoms with Gasteiger partial charge in [0.25, 0.3) is 0 Å². The number of para-hydroxylation sites is 1. The van der Waals surface area contributed by atoms with Gasteiger partial charge in [0.05, 0.1) is 13.2 Å². The van der Waals surface area contributed by atoms with Gasteiger partial charge in [-0.1, -0.05) is 19.1 Å². The molecule has 3 rings (SSSR count). The van der Waals surface area contributed by atoms with Crippen molar-refractivity contribution in [3.63, 3.8) is 0 Å². The first-order valence-electron chi connectivity index (χ1n) is 9.07. The Labute approximate surface area is 152 Å². The predicted molar refractivity (Wildman–Crippen MR) is 100 cm³/mol. The topological polar surface area (TPSA) is 33.7 Å². The summed E-state index contributed by atoms with van der Waals surface area (Å²) in [7, 11) is 0. The molecule has 2 fully saturated rings. The zero-order valence-corrected chi connectivity index (χ0v) is 15.8. The summed E-state index contributed by atoms with van der Waals surface area (Å²) in [5.41, 5.74) is 1.77. The van der Waals surface area contributed by atoms with E-state index in [4.69, 9.17) is 9.47 Å². The van der Waals surface area contributed by atoms with Crippen LogP contribution in [0.4, 0.5) is 0 Å². The zero-order chi connectivity index (χ0) is 16.1. The molecule has 5 heteroatoms. The highest BCUT2D eigenvalue weighted by atomic mass is 35.5. The Kier molecular flexibility index (Phi) is 7.20. The Balaban J connectivity index is 0.00000208. The van der Waals surface area contributed by atoms with Gasteiger partial charge in [-0.25, -0.2) is 0 Å². The SMILES string of the molecule is CCCOc1c(CN2CCC3(CCNC3)C2)cccc1OCC.Cl. The van der Waals surface area contributed by atoms with Gasteiger partial charge in [-0.05, 0) is 50.8 Å². The quantitative estimate of drug-likeness (QED) is 0.812. The van der Waals surface area contributed by atoms with Gasteiger partial charge in [0.15, 0.2) is 11.5 Å². The Bertz CT molecular complexity index is 518. The van der Waals surface area contributed by atoms with Crippen LogP contribution in [0.3, 0.4) is 0 Å². The summed E-state index contributed by atoms with van der Waals surface area (Å²) in [5.74, 6) is 1.83. The lowest BCUT2D eigenvalue weighted by atomic mass is 9.86. The fraction of sp³-hybridized carbons (Fsp3) is 0.684. The minimum atomic E-state index is 0. The zero-order valence-electron chi connectivity index (χ0n) is 15.0. The van der Waals surface area contributed by atoms with Crippen molar-refractivity contribution in [1.29, 1.82) is 0 Å². The maximum atomic E-state index is 6.03. The van der Waals surface area contributed by atoms with Crippen LogP contribution in [0, 0.1) is 5.41 Å². The van der Waals surface area contributed by atoms with E-state index in [1.165, 1.54) is 44.6 Å². The minimum absolute atomic E-state index is 0. The van der Waals surface area contributed by atoms with Gasteiger partial charge in [-0.2, -0.15) is 0 Å². The van der Waals surface area contributed by atoms with Crippen LogP contribution in [0.1, 0.15) is 38.7 Å². The molecule has 1 unspecified atom stereocenters. The summed E-state index contributed by atoms with van der Waals surface area (Å²) in [5, 5.41) is 3.53. The molecule has 136 valence electrons. The number of likely N-dealkylation sites (tertiary alicyclic amines) is 1. The fourth-order valence-corrected chi connectivity index (χ4v) is 3.87. The Morgan fingerprint density at radius 2 is 2.08 bits per heavy atom. The second-order valence-corrected chi connectivity index (χ2v) is 6.91. The first-order chi connectivity index (χ1) is 11.3. The number of hydrogen-bond acceptors (Lipinski definition) is 4. The van der Waals surface area contributed by atoms with Crippen LogP contribution >= 0.6 is 12.4 Å². The third-order valence-corrected chi connectivity index (χ3v) is 5.05. The fourth-order valence-electron chi connectivity index (χ4n) is 3.87. The highest BCUT2D eigenvalue weighted by Crippen LogP contribution is 2.38. The standard InChI is InChI=1S/C19H30N2O2.ClH/c1-3-12-23-18-16(6-5-7-17(18)22-4-2)13-21-11-9-19(15-21)8-10-20-14-19;/h5-7,20H,3-4,8-15H2,1-2H3;1H. The highest BCUT2D eigenvalue weighted by Gasteiger charge is 2.40. The van der Waals surface area contributed by atoms with Crippen LogP contribution in [0.15, 0.2) is 18.2 Å². The maximum absolute atomic E-state index is 6.03. The van der Waals surface area contributed by atoms with Gasteiger partial charge in [-0.3, -0.25) is 4.90 Å². The van der Waals surface area contributed by atoms with Crippen LogP contribution in [-0.2, 0) is 6.54 Å². The van der Waals surface area contributed by atoms with Gasteiger partial charge < -0.3 is 14.8 Å². The molecule has 0 amide bonds. The molecule has 1 aromatic carbocycles. The molecule has 24 heavy (non-hydrogen) atoms. The molecule has 1 aromatic rings. The molecule has 0 aromatic heterocycles. The molecular weight excluding hydrogens is 324 g/mol. The second kappa shape index (κ2) is 8.93. The molecule has 2 aliphatic heterocycles. The monoisotopic (exact) mass is 354 g/mol. The Hall–Kier alpha value is -0.970. The van der Waals surface area contributed by atoms with E-state index in [1.807, 2.05) is 13.0 Å². The summed E-state index contributed by atoms with van der Waals surface area (Å²) in [6.45, 7) is 11.3. The molecule has 2 aliphatic rings. The smallest absolute Gasteiger partial charge is 0.165 e. The summed E-state index contributed by atoms with van der Waals surface area (Å²) in [4.78, 5) is 2.58. The van der Waals surface area contributed by atoms with E-state index in [-0.39, 0.29) is 12.4 Å². The van der Waals surface area contributed by atoms with E-state index in [1.54, 1.807) is 0 Å². The Morgan fingerprint density at radius 1 is 1.21 bits per heavy atom. The third-order valence-electron chi connectivity index (χ3n) is 5.05. The van der Waals surface area contributed by atoms with Crippen molar-refractivity contribution in [2.75, 3.05) is 39.4 Å². The van der Waals surface area contributed by atoms with Gasteiger partial charge in [0.2, 0.25) is 0 Å². The molecule has 1 atom stereocenters. The number of benzene rings is 1. The molecular formula is C19H31ClN2O2. The van der Waals surface area contributed by atoms with Crippen LogP contribution in [0.25, 0.3) is 0 Å². The lowest BCUT2D eigenvalue weighted by Gasteiger charge is -2.24. The molecule has 1 N–H and O–H groups in total. The highest BCUT2D eigenvalue weighted by molar-refractivity contribution is 5.85. The molecule has 1 spiro atoms. The number of nitrogens with one attached hydrogen (secondary N) is 1. The van der Waals surface area contributed by atoms with E-state index in [2.05, 4.69) is 29.3 Å². The average molecular weight is 355 g/mol. The Morgan fingerprint density at radius 3 is 2.79 bits per heavy atom. The van der Waals surface area contributed by atoms with Crippen LogP contribution in [-0.4, -0.2) is 44.3 Å². The largest absolute Gasteiger partial charge is 0.490 e. The first-order valence-corrected chi connectivity index (χ1v) is 9.07. The number of rotatable bonds is 7. The minimum Gasteiger partial charge on any atom is -0.490 e. The van der Waals surface area contributed by atoms with Crippen LogP contribution in [0.2, 0.25) is 0 Å². The van der Waals surface area contributed by atoms with Gasteiger partial charge in [0, 0.05) is 25.2 Å². The lowest BCUT2D eigenvalue weighted by Crippen LogP contribution is -2.29. The van der Waals surface area contributed by atoms with E-state index >= 15 is 0 Å². The third kappa shape index (κ3) is 4.35. The summed E-state index contributed by atoms with van der Waals surface area (Å²) in [6, 6.07) is 6.29. The lowest BCUT2D eigenvalue weighted by molar-refractivity contribution is 0.251. The van der Waals surface area contributed by atoms with Crippen LogP contribution in [0.5, 0.6) is 11.5 Å². The molecule has 0 saturated carbocycles. The van der Waals surface area contributed by atoms with Gasteiger partial charge >= 0.3 is 0 Å². The number of halogens is 1. The molecule has 2 heterocycles.